The molecule has 2 saturated heterocycles. The summed E-state index contributed by atoms with van der Waals surface area (Å²) in [6, 6.07) is 16.1. The van der Waals surface area contributed by atoms with Crippen LogP contribution in [0.15, 0.2) is 42.5 Å². The minimum absolute atomic E-state index is 0.0230. The Morgan fingerprint density at radius 3 is 2.59 bits per heavy atom. The molecule has 2 N–H and O–H groups in total. The van der Waals surface area contributed by atoms with Gasteiger partial charge < -0.3 is 15.5 Å². The Balaban J connectivity index is 1.42. The van der Waals surface area contributed by atoms with Crippen molar-refractivity contribution >= 4 is 16.7 Å². The van der Waals surface area contributed by atoms with Crippen molar-refractivity contribution in [3.8, 4) is 0 Å². The van der Waals surface area contributed by atoms with E-state index in [1.165, 1.54) is 42.1 Å². The van der Waals surface area contributed by atoms with Crippen molar-refractivity contribution in [2.75, 3.05) is 26.2 Å². The molecule has 0 unspecified atom stereocenters. The summed E-state index contributed by atoms with van der Waals surface area (Å²) in [7, 11) is 0. The Labute approximate surface area is 193 Å². The predicted octanol–water partition coefficient (Wildman–Crippen LogP) is 3.77. The van der Waals surface area contributed by atoms with Gasteiger partial charge in [0.25, 0.3) is 0 Å². The third-order valence-corrected chi connectivity index (χ3v) is 7.10. The smallest absolute Gasteiger partial charge is 0.237 e. The van der Waals surface area contributed by atoms with Gasteiger partial charge in [0.2, 0.25) is 5.91 Å². The highest BCUT2D eigenvalue weighted by Gasteiger charge is 2.41. The third kappa shape index (κ3) is 5.51. The predicted molar refractivity (Wildman–Crippen MR) is 133 cm³/mol. The van der Waals surface area contributed by atoms with Gasteiger partial charge in [0, 0.05) is 31.2 Å². The fourth-order valence-electron chi connectivity index (χ4n) is 5.54. The highest BCUT2D eigenvalue weighted by Crippen LogP contribution is 2.27. The number of benzene rings is 2. The molecule has 0 aliphatic carbocycles. The van der Waals surface area contributed by atoms with Crippen LogP contribution in [0.4, 0.5) is 0 Å². The van der Waals surface area contributed by atoms with E-state index in [1.54, 1.807) is 0 Å². The van der Waals surface area contributed by atoms with Crippen LogP contribution in [0.3, 0.4) is 0 Å². The lowest BCUT2D eigenvalue weighted by Gasteiger charge is -2.39. The van der Waals surface area contributed by atoms with E-state index in [0.29, 0.717) is 12.1 Å². The Kier molecular flexibility index (Phi) is 7.82. The van der Waals surface area contributed by atoms with E-state index in [1.807, 2.05) is 0 Å². The summed E-state index contributed by atoms with van der Waals surface area (Å²) >= 11 is 0. The van der Waals surface area contributed by atoms with Gasteiger partial charge in [-0.1, -0.05) is 49.4 Å². The number of rotatable bonds is 8. The number of nitrogens with zero attached hydrogens (tertiary/aromatic N) is 2. The second kappa shape index (κ2) is 10.8. The van der Waals surface area contributed by atoms with Crippen molar-refractivity contribution in [2.24, 2.45) is 0 Å². The average Bonchev–Trinajstić information content (AvgIpc) is 3.22. The van der Waals surface area contributed by atoms with Crippen LogP contribution in [0.1, 0.15) is 52.0 Å². The molecule has 2 aliphatic rings. The average molecular weight is 437 g/mol. The first kappa shape index (κ1) is 23.2. The summed E-state index contributed by atoms with van der Waals surface area (Å²) < 4.78 is 0. The molecule has 1 amide bonds. The molecule has 174 valence electrons. The Morgan fingerprint density at radius 1 is 1.09 bits per heavy atom. The molecule has 2 aromatic rings. The lowest BCUT2D eigenvalue weighted by Crippen LogP contribution is -2.52. The quantitative estimate of drug-likeness (QED) is 0.661. The van der Waals surface area contributed by atoms with Crippen LogP contribution in [-0.2, 0) is 11.3 Å². The van der Waals surface area contributed by atoms with Crippen molar-refractivity contribution in [3.05, 3.63) is 48.0 Å². The molecule has 2 aromatic carbocycles. The summed E-state index contributed by atoms with van der Waals surface area (Å²) in [6.07, 6.45) is 4.44. The van der Waals surface area contributed by atoms with E-state index in [0.717, 1.165) is 32.6 Å². The molecule has 0 bridgehead atoms. The molecule has 0 aromatic heterocycles. The molecular weight excluding hydrogens is 396 g/mol. The van der Waals surface area contributed by atoms with Crippen molar-refractivity contribution in [1.29, 1.82) is 0 Å². The van der Waals surface area contributed by atoms with Crippen LogP contribution in [-0.4, -0.2) is 66.1 Å². The number of piperidine rings is 1. The first-order chi connectivity index (χ1) is 15.5. The first-order valence-electron chi connectivity index (χ1n) is 12.5. The summed E-state index contributed by atoms with van der Waals surface area (Å²) in [5, 5.41) is 9.58. The van der Waals surface area contributed by atoms with E-state index in [-0.39, 0.29) is 18.0 Å². The molecule has 5 heteroatoms. The van der Waals surface area contributed by atoms with Crippen molar-refractivity contribution in [1.82, 2.24) is 20.4 Å². The lowest BCUT2D eigenvalue weighted by atomic mass is 10.0. The molecule has 4 rings (SSSR count). The first-order valence-corrected chi connectivity index (χ1v) is 12.5. The van der Waals surface area contributed by atoms with Gasteiger partial charge in [-0.3, -0.25) is 9.69 Å². The highest BCUT2D eigenvalue weighted by molar-refractivity contribution is 5.85. The van der Waals surface area contributed by atoms with Gasteiger partial charge in [-0.25, -0.2) is 0 Å². The van der Waals surface area contributed by atoms with E-state index in [2.05, 4.69) is 83.7 Å². The number of nitrogens with one attached hydrogen (secondary N) is 2. The lowest BCUT2D eigenvalue weighted by molar-refractivity contribution is -0.127. The van der Waals surface area contributed by atoms with Gasteiger partial charge in [-0.15, -0.1) is 0 Å². The van der Waals surface area contributed by atoms with Crippen LogP contribution in [0.5, 0.6) is 0 Å². The standard InChI is InChI=1S/C27H40N4O/c1-4-14-30-15-12-24(13-16-30)31-19-23(17-26(31)27(32)29-20(2)3)28-18-22-10-7-9-21-8-5-6-11-25(21)22/h5-11,20,23-24,26,28H,4,12-19H2,1-3H3,(H,29,32)/t23-,26-/m0/s1. The van der Waals surface area contributed by atoms with E-state index in [9.17, 15) is 4.79 Å². The topological polar surface area (TPSA) is 47.6 Å². The van der Waals surface area contributed by atoms with E-state index in [4.69, 9.17) is 0 Å². The summed E-state index contributed by atoms with van der Waals surface area (Å²) in [6.45, 7) is 11.7. The number of carbonyl (C=O) groups is 1. The maximum Gasteiger partial charge on any atom is 0.237 e. The highest BCUT2D eigenvalue weighted by atomic mass is 16.2. The molecule has 5 nitrogen and oxygen atoms in total. The Hall–Kier alpha value is -1.95. The van der Waals surface area contributed by atoms with Crippen molar-refractivity contribution in [2.45, 2.75) is 77.2 Å². The molecule has 2 atom stereocenters. The molecule has 0 radical (unpaired) electrons. The van der Waals surface area contributed by atoms with Gasteiger partial charge >= 0.3 is 0 Å². The summed E-state index contributed by atoms with van der Waals surface area (Å²) in [5.41, 5.74) is 1.33. The second-order valence-electron chi connectivity index (χ2n) is 9.90. The molecule has 0 saturated carbocycles. The summed E-state index contributed by atoms with van der Waals surface area (Å²) in [5.74, 6) is 0.199. The zero-order chi connectivity index (χ0) is 22.5. The van der Waals surface area contributed by atoms with Gasteiger partial charge in [-0.2, -0.15) is 0 Å². The van der Waals surface area contributed by atoms with Gasteiger partial charge in [0.15, 0.2) is 0 Å². The second-order valence-corrected chi connectivity index (χ2v) is 9.90. The van der Waals surface area contributed by atoms with E-state index < -0.39 is 0 Å². The normalized spacial score (nSPS) is 23.2. The number of hydrogen-bond acceptors (Lipinski definition) is 4. The maximum absolute atomic E-state index is 13.1. The van der Waals surface area contributed by atoms with Crippen LogP contribution >= 0.6 is 0 Å². The Morgan fingerprint density at radius 2 is 1.84 bits per heavy atom. The molecular formula is C27H40N4O. The Bertz CT molecular complexity index is 885. The van der Waals surface area contributed by atoms with Crippen molar-refractivity contribution in [3.63, 3.8) is 0 Å². The molecule has 32 heavy (non-hydrogen) atoms. The monoisotopic (exact) mass is 436 g/mol. The number of amides is 1. The fraction of sp³-hybridized carbons (Fsp3) is 0.593. The molecule has 2 fully saturated rings. The third-order valence-electron chi connectivity index (χ3n) is 7.10. The zero-order valence-corrected chi connectivity index (χ0v) is 20.0. The maximum atomic E-state index is 13.1. The number of likely N-dealkylation sites (tertiary alicyclic amines) is 2. The van der Waals surface area contributed by atoms with Crippen LogP contribution in [0.2, 0.25) is 0 Å². The van der Waals surface area contributed by atoms with Gasteiger partial charge in [-0.05, 0) is 75.5 Å². The van der Waals surface area contributed by atoms with Crippen LogP contribution in [0.25, 0.3) is 10.8 Å². The van der Waals surface area contributed by atoms with Gasteiger partial charge in [0.1, 0.15) is 0 Å². The molecule has 2 heterocycles. The molecule has 2 aliphatic heterocycles. The number of fused-ring (bicyclic) bond motifs is 1. The zero-order valence-electron chi connectivity index (χ0n) is 20.0. The number of hydrogen-bond donors (Lipinski definition) is 2. The van der Waals surface area contributed by atoms with E-state index >= 15 is 0 Å². The largest absolute Gasteiger partial charge is 0.353 e. The summed E-state index contributed by atoms with van der Waals surface area (Å²) in [4.78, 5) is 18.2. The van der Waals surface area contributed by atoms with Gasteiger partial charge in [0.05, 0.1) is 6.04 Å². The van der Waals surface area contributed by atoms with Crippen molar-refractivity contribution < 1.29 is 4.79 Å². The fourth-order valence-corrected chi connectivity index (χ4v) is 5.54. The van der Waals surface area contributed by atoms with Crippen LogP contribution in [0, 0.1) is 0 Å². The molecule has 0 spiro atoms. The minimum Gasteiger partial charge on any atom is -0.353 e. The number of carbonyl (C=O) groups excluding carboxylic acids is 1. The SMILES string of the molecule is CCCN1CCC(N2C[C@@H](NCc3cccc4ccccc34)C[C@H]2C(=O)NC(C)C)CC1. The minimum atomic E-state index is -0.0230. The van der Waals surface area contributed by atoms with Crippen LogP contribution < -0.4 is 10.6 Å².